The molecule has 0 aromatic heterocycles. The summed E-state index contributed by atoms with van der Waals surface area (Å²) in [7, 11) is 6.22. The molecule has 2 heteroatoms. The van der Waals surface area contributed by atoms with Crippen molar-refractivity contribution in [2.75, 3.05) is 32.6 Å². The largest absolute Gasteiger partial charge is 0.377 e. The molecule has 1 N–H and O–H groups in total. The molecule has 0 aliphatic heterocycles. The van der Waals surface area contributed by atoms with Crippen LogP contribution in [0, 0.1) is 0 Å². The van der Waals surface area contributed by atoms with Gasteiger partial charge in [-0.25, -0.2) is 0 Å². The molecule has 1 aromatic rings. The molecule has 0 bridgehead atoms. The first-order chi connectivity index (χ1) is 7.49. The molecule has 16 heavy (non-hydrogen) atoms. The van der Waals surface area contributed by atoms with Crippen LogP contribution in [0.1, 0.15) is 25.8 Å². The molecule has 0 heterocycles. The van der Waals surface area contributed by atoms with E-state index in [9.17, 15) is 0 Å². The second-order valence-corrected chi connectivity index (χ2v) is 5.15. The average molecular weight is 220 g/mol. The van der Waals surface area contributed by atoms with Crippen molar-refractivity contribution in [2.24, 2.45) is 0 Å². The number of hydrogen-bond donors (Lipinski definition) is 1. The lowest BCUT2D eigenvalue weighted by Crippen LogP contribution is -2.26. The minimum atomic E-state index is 0.212. The zero-order valence-corrected chi connectivity index (χ0v) is 11.2. The molecule has 0 aliphatic rings. The van der Waals surface area contributed by atoms with E-state index in [4.69, 9.17) is 0 Å². The van der Waals surface area contributed by atoms with Crippen molar-refractivity contribution in [1.82, 2.24) is 5.32 Å². The highest BCUT2D eigenvalue weighted by Gasteiger charge is 2.23. The molecule has 0 saturated heterocycles. The summed E-state index contributed by atoms with van der Waals surface area (Å²) in [6, 6.07) is 8.66. The van der Waals surface area contributed by atoms with Crippen LogP contribution in [0.25, 0.3) is 0 Å². The molecule has 0 unspecified atom stereocenters. The Hall–Kier alpha value is -1.02. The zero-order valence-electron chi connectivity index (χ0n) is 11.2. The lowest BCUT2D eigenvalue weighted by Gasteiger charge is -2.30. The predicted molar refractivity (Wildman–Crippen MR) is 72.3 cm³/mol. The van der Waals surface area contributed by atoms with Crippen molar-refractivity contribution >= 4 is 5.69 Å². The topological polar surface area (TPSA) is 15.3 Å². The second-order valence-electron chi connectivity index (χ2n) is 5.15. The Kier molecular flexibility index (Phi) is 4.36. The maximum absolute atomic E-state index is 3.23. The minimum absolute atomic E-state index is 0.212. The molecule has 1 rings (SSSR count). The van der Waals surface area contributed by atoms with Crippen molar-refractivity contribution in [3.8, 4) is 0 Å². The van der Waals surface area contributed by atoms with Crippen molar-refractivity contribution in [2.45, 2.75) is 25.7 Å². The fourth-order valence-corrected chi connectivity index (χ4v) is 2.01. The van der Waals surface area contributed by atoms with Gasteiger partial charge in [0.15, 0.2) is 0 Å². The highest BCUT2D eigenvalue weighted by molar-refractivity contribution is 5.55. The van der Waals surface area contributed by atoms with Gasteiger partial charge >= 0.3 is 0 Å². The summed E-state index contributed by atoms with van der Waals surface area (Å²) < 4.78 is 0. The third-order valence-corrected chi connectivity index (χ3v) is 3.11. The Balaban J connectivity index is 3.01. The van der Waals surface area contributed by atoms with E-state index in [-0.39, 0.29) is 5.41 Å². The fourth-order valence-electron chi connectivity index (χ4n) is 2.01. The standard InChI is InChI=1S/C14H24N2/c1-14(2,10-11-15-3)12-8-6-7-9-13(12)16(4)5/h6-9,15H,10-11H2,1-5H3. The summed E-state index contributed by atoms with van der Waals surface area (Å²) in [5, 5.41) is 3.23. The van der Waals surface area contributed by atoms with Gasteiger partial charge in [0, 0.05) is 19.8 Å². The first kappa shape index (κ1) is 13.0. The molecule has 0 spiro atoms. The van der Waals surface area contributed by atoms with Crippen molar-refractivity contribution in [3.63, 3.8) is 0 Å². The quantitative estimate of drug-likeness (QED) is 0.820. The molecule has 1 aromatic carbocycles. The minimum Gasteiger partial charge on any atom is -0.377 e. The van der Waals surface area contributed by atoms with Gasteiger partial charge in [-0.2, -0.15) is 0 Å². The van der Waals surface area contributed by atoms with Crippen LogP contribution in [-0.2, 0) is 5.41 Å². The van der Waals surface area contributed by atoms with Crippen LogP contribution in [0.2, 0.25) is 0 Å². The molecule has 0 fully saturated rings. The smallest absolute Gasteiger partial charge is 0.0399 e. The van der Waals surface area contributed by atoms with Gasteiger partial charge in [0.2, 0.25) is 0 Å². The first-order valence-corrected chi connectivity index (χ1v) is 5.90. The third-order valence-electron chi connectivity index (χ3n) is 3.11. The number of benzene rings is 1. The van der Waals surface area contributed by atoms with Crippen LogP contribution in [0.5, 0.6) is 0 Å². The summed E-state index contributed by atoms with van der Waals surface area (Å²) in [4.78, 5) is 2.19. The van der Waals surface area contributed by atoms with Crippen LogP contribution in [0.15, 0.2) is 24.3 Å². The maximum atomic E-state index is 3.23. The van der Waals surface area contributed by atoms with Crippen LogP contribution < -0.4 is 10.2 Å². The highest BCUT2D eigenvalue weighted by atomic mass is 15.1. The van der Waals surface area contributed by atoms with E-state index in [1.165, 1.54) is 11.3 Å². The summed E-state index contributed by atoms with van der Waals surface area (Å²) >= 11 is 0. The van der Waals surface area contributed by atoms with E-state index in [0.29, 0.717) is 0 Å². The number of anilines is 1. The van der Waals surface area contributed by atoms with E-state index >= 15 is 0 Å². The van der Waals surface area contributed by atoms with E-state index in [1.54, 1.807) is 0 Å². The maximum Gasteiger partial charge on any atom is 0.0399 e. The van der Waals surface area contributed by atoms with Gasteiger partial charge in [0.05, 0.1) is 0 Å². The predicted octanol–water partition coefficient (Wildman–Crippen LogP) is 2.64. The molecule has 0 aliphatic carbocycles. The van der Waals surface area contributed by atoms with Crippen molar-refractivity contribution in [3.05, 3.63) is 29.8 Å². The van der Waals surface area contributed by atoms with E-state index in [1.807, 2.05) is 7.05 Å². The van der Waals surface area contributed by atoms with Crippen LogP contribution in [-0.4, -0.2) is 27.7 Å². The molecular formula is C14H24N2. The monoisotopic (exact) mass is 220 g/mol. The number of hydrogen-bond acceptors (Lipinski definition) is 2. The van der Waals surface area contributed by atoms with Crippen LogP contribution in [0.4, 0.5) is 5.69 Å². The molecular weight excluding hydrogens is 196 g/mol. The van der Waals surface area contributed by atoms with Crippen molar-refractivity contribution < 1.29 is 0 Å². The Bertz CT molecular complexity index is 329. The summed E-state index contributed by atoms with van der Waals surface area (Å²) in [6.45, 7) is 5.67. The lowest BCUT2D eigenvalue weighted by molar-refractivity contribution is 0.469. The Morgan fingerprint density at radius 3 is 2.38 bits per heavy atom. The number of rotatable bonds is 5. The molecule has 0 amide bonds. The first-order valence-electron chi connectivity index (χ1n) is 5.90. The molecule has 0 saturated carbocycles. The highest BCUT2D eigenvalue weighted by Crippen LogP contribution is 2.33. The number of para-hydroxylation sites is 1. The Morgan fingerprint density at radius 2 is 1.81 bits per heavy atom. The molecule has 2 nitrogen and oxygen atoms in total. The van der Waals surface area contributed by atoms with Gasteiger partial charge in [0.1, 0.15) is 0 Å². The summed E-state index contributed by atoms with van der Waals surface area (Å²) in [6.07, 6.45) is 1.15. The Morgan fingerprint density at radius 1 is 1.19 bits per heavy atom. The SMILES string of the molecule is CNCCC(C)(C)c1ccccc1N(C)C. The molecule has 0 atom stereocenters. The third kappa shape index (κ3) is 2.99. The van der Waals surface area contributed by atoms with Gasteiger partial charge < -0.3 is 10.2 Å². The van der Waals surface area contributed by atoms with Gasteiger partial charge in [0.25, 0.3) is 0 Å². The summed E-state index contributed by atoms with van der Waals surface area (Å²) in [5.41, 5.74) is 2.96. The van der Waals surface area contributed by atoms with E-state index in [2.05, 4.69) is 62.4 Å². The number of nitrogens with zero attached hydrogens (tertiary/aromatic N) is 1. The average Bonchev–Trinajstić information content (AvgIpc) is 2.26. The van der Waals surface area contributed by atoms with Gasteiger partial charge in [-0.1, -0.05) is 32.0 Å². The molecule has 0 radical (unpaired) electrons. The van der Waals surface area contributed by atoms with E-state index in [0.717, 1.165) is 13.0 Å². The zero-order chi connectivity index (χ0) is 12.2. The summed E-state index contributed by atoms with van der Waals surface area (Å²) in [5.74, 6) is 0. The Labute approximate surface area is 99.7 Å². The fraction of sp³-hybridized carbons (Fsp3) is 0.571. The lowest BCUT2D eigenvalue weighted by atomic mass is 9.80. The van der Waals surface area contributed by atoms with Crippen LogP contribution >= 0.6 is 0 Å². The number of nitrogens with one attached hydrogen (secondary N) is 1. The molecule has 90 valence electrons. The normalized spacial score (nSPS) is 11.6. The second kappa shape index (κ2) is 5.35. The van der Waals surface area contributed by atoms with Gasteiger partial charge in [-0.3, -0.25) is 0 Å². The van der Waals surface area contributed by atoms with Gasteiger partial charge in [-0.15, -0.1) is 0 Å². The van der Waals surface area contributed by atoms with Crippen LogP contribution in [0.3, 0.4) is 0 Å². The van der Waals surface area contributed by atoms with Crippen molar-refractivity contribution in [1.29, 1.82) is 0 Å². The van der Waals surface area contributed by atoms with Gasteiger partial charge in [-0.05, 0) is 37.1 Å². The van der Waals surface area contributed by atoms with E-state index < -0.39 is 0 Å².